The van der Waals surface area contributed by atoms with Gasteiger partial charge in [-0.15, -0.1) is 0 Å². The van der Waals surface area contributed by atoms with Crippen LogP contribution in [0.5, 0.6) is 0 Å². The molecule has 1 unspecified atom stereocenters. The Morgan fingerprint density at radius 3 is 2.41 bits per heavy atom. The Morgan fingerprint density at radius 2 is 1.94 bits per heavy atom. The van der Waals surface area contributed by atoms with Gasteiger partial charge in [0.1, 0.15) is 4.99 Å². The number of thiocarbonyl (C=S) groups is 1. The molecule has 0 heterocycles. The molecule has 0 saturated carbocycles. The molecule has 0 saturated heterocycles. The molecule has 0 amide bonds. The van der Waals surface area contributed by atoms with Crippen molar-refractivity contribution in [2.24, 2.45) is 11.7 Å². The summed E-state index contributed by atoms with van der Waals surface area (Å²) in [5.41, 5.74) is 7.72. The first-order valence-electron chi connectivity index (χ1n) is 6.15. The van der Waals surface area contributed by atoms with E-state index >= 15 is 0 Å². The number of hydrogen-bond donors (Lipinski definition) is 1. The van der Waals surface area contributed by atoms with Crippen LogP contribution in [0.3, 0.4) is 0 Å². The maximum atomic E-state index is 5.58. The predicted octanol–water partition coefficient (Wildman–Crippen LogP) is 3.19. The van der Waals surface area contributed by atoms with E-state index in [1.807, 2.05) is 12.1 Å². The van der Waals surface area contributed by atoms with Crippen molar-refractivity contribution >= 4 is 22.9 Å². The molecule has 0 bridgehead atoms. The molecule has 1 aromatic rings. The first-order valence-corrected chi connectivity index (χ1v) is 6.56. The van der Waals surface area contributed by atoms with Crippen molar-refractivity contribution in [2.75, 3.05) is 18.5 Å². The van der Waals surface area contributed by atoms with Crippen molar-refractivity contribution in [3.05, 3.63) is 29.8 Å². The molecule has 1 aromatic carbocycles. The Balaban J connectivity index is 2.63. The van der Waals surface area contributed by atoms with Crippen LogP contribution in [0.15, 0.2) is 24.3 Å². The minimum Gasteiger partial charge on any atom is -0.389 e. The SMILES string of the molecule is CCCC(C)CN(C)c1ccc(C(N)=S)cc1. The Kier molecular flexibility index (Phi) is 5.42. The van der Waals surface area contributed by atoms with Crippen molar-refractivity contribution in [1.82, 2.24) is 0 Å². The number of anilines is 1. The summed E-state index contributed by atoms with van der Waals surface area (Å²) in [5.74, 6) is 0.722. The molecule has 0 aliphatic heterocycles. The van der Waals surface area contributed by atoms with E-state index in [9.17, 15) is 0 Å². The van der Waals surface area contributed by atoms with Gasteiger partial charge in [-0.25, -0.2) is 0 Å². The summed E-state index contributed by atoms with van der Waals surface area (Å²) >= 11 is 4.94. The largest absolute Gasteiger partial charge is 0.389 e. The van der Waals surface area contributed by atoms with Gasteiger partial charge in [-0.3, -0.25) is 0 Å². The van der Waals surface area contributed by atoms with Gasteiger partial charge in [-0.1, -0.05) is 32.5 Å². The third-order valence-electron chi connectivity index (χ3n) is 2.96. The average molecular weight is 250 g/mol. The fourth-order valence-electron chi connectivity index (χ4n) is 2.04. The summed E-state index contributed by atoms with van der Waals surface area (Å²) in [6, 6.07) is 8.12. The van der Waals surface area contributed by atoms with Gasteiger partial charge >= 0.3 is 0 Å². The van der Waals surface area contributed by atoms with Gasteiger partial charge in [0.25, 0.3) is 0 Å². The van der Waals surface area contributed by atoms with Crippen LogP contribution in [-0.4, -0.2) is 18.6 Å². The summed E-state index contributed by atoms with van der Waals surface area (Å²) < 4.78 is 0. The van der Waals surface area contributed by atoms with Crippen LogP contribution < -0.4 is 10.6 Å². The highest BCUT2D eigenvalue weighted by Crippen LogP contribution is 2.16. The van der Waals surface area contributed by atoms with E-state index in [1.165, 1.54) is 18.5 Å². The Bertz CT molecular complexity index is 359. The van der Waals surface area contributed by atoms with Gasteiger partial charge in [0.05, 0.1) is 0 Å². The lowest BCUT2D eigenvalue weighted by Crippen LogP contribution is -2.23. The lowest BCUT2D eigenvalue weighted by atomic mass is 10.1. The zero-order valence-electron chi connectivity index (χ0n) is 10.9. The molecule has 1 atom stereocenters. The van der Waals surface area contributed by atoms with E-state index in [0.717, 1.165) is 18.0 Å². The van der Waals surface area contributed by atoms with Gasteiger partial charge in [0, 0.05) is 24.8 Å². The molecule has 17 heavy (non-hydrogen) atoms. The molecule has 2 nitrogen and oxygen atoms in total. The van der Waals surface area contributed by atoms with Crippen LogP contribution in [0, 0.1) is 5.92 Å². The molecule has 1 rings (SSSR count). The monoisotopic (exact) mass is 250 g/mol. The van der Waals surface area contributed by atoms with E-state index in [0.29, 0.717) is 4.99 Å². The topological polar surface area (TPSA) is 29.3 Å². The summed E-state index contributed by atoms with van der Waals surface area (Å²) in [6.45, 7) is 5.61. The highest BCUT2D eigenvalue weighted by Gasteiger charge is 2.06. The zero-order valence-corrected chi connectivity index (χ0v) is 11.8. The van der Waals surface area contributed by atoms with Gasteiger partial charge in [-0.05, 0) is 36.6 Å². The first kappa shape index (κ1) is 14.0. The summed E-state index contributed by atoms with van der Waals surface area (Å²) in [6.07, 6.45) is 2.52. The van der Waals surface area contributed by atoms with Crippen LogP contribution in [0.1, 0.15) is 32.3 Å². The van der Waals surface area contributed by atoms with Gasteiger partial charge in [-0.2, -0.15) is 0 Å². The second-order valence-corrected chi connectivity index (χ2v) is 5.13. The van der Waals surface area contributed by atoms with Crippen molar-refractivity contribution in [2.45, 2.75) is 26.7 Å². The zero-order chi connectivity index (χ0) is 12.8. The maximum absolute atomic E-state index is 5.58. The van der Waals surface area contributed by atoms with Crippen LogP contribution in [-0.2, 0) is 0 Å². The summed E-state index contributed by atoms with van der Waals surface area (Å²) in [7, 11) is 2.13. The maximum Gasteiger partial charge on any atom is 0.103 e. The van der Waals surface area contributed by atoms with Crippen LogP contribution in [0.4, 0.5) is 5.69 Å². The number of nitrogens with two attached hydrogens (primary N) is 1. The lowest BCUT2D eigenvalue weighted by Gasteiger charge is -2.23. The van der Waals surface area contributed by atoms with Crippen LogP contribution in [0.2, 0.25) is 0 Å². The predicted molar refractivity (Wildman–Crippen MR) is 79.7 cm³/mol. The molecule has 3 heteroatoms. The number of benzene rings is 1. The molecule has 2 N–H and O–H groups in total. The molecule has 0 fully saturated rings. The highest BCUT2D eigenvalue weighted by atomic mass is 32.1. The second-order valence-electron chi connectivity index (χ2n) is 4.69. The highest BCUT2D eigenvalue weighted by molar-refractivity contribution is 7.80. The molecule has 0 spiro atoms. The van der Waals surface area contributed by atoms with Gasteiger partial charge in [0.15, 0.2) is 0 Å². The molecular weight excluding hydrogens is 228 g/mol. The van der Waals surface area contributed by atoms with E-state index in [1.54, 1.807) is 0 Å². The number of nitrogens with zero attached hydrogens (tertiary/aromatic N) is 1. The number of hydrogen-bond acceptors (Lipinski definition) is 2. The molecule has 94 valence electrons. The number of rotatable bonds is 6. The Hall–Kier alpha value is -1.09. The fourth-order valence-corrected chi connectivity index (χ4v) is 2.17. The first-order chi connectivity index (χ1) is 8.04. The van der Waals surface area contributed by atoms with Crippen molar-refractivity contribution in [1.29, 1.82) is 0 Å². The Morgan fingerprint density at radius 1 is 1.35 bits per heavy atom. The van der Waals surface area contributed by atoms with E-state index in [2.05, 4.69) is 37.9 Å². The molecule has 0 aliphatic rings. The van der Waals surface area contributed by atoms with E-state index in [4.69, 9.17) is 18.0 Å². The summed E-state index contributed by atoms with van der Waals surface area (Å²) in [4.78, 5) is 2.74. The second kappa shape index (κ2) is 6.60. The molecule has 0 aliphatic carbocycles. The third-order valence-corrected chi connectivity index (χ3v) is 3.20. The fraction of sp³-hybridized carbons (Fsp3) is 0.500. The minimum absolute atomic E-state index is 0.457. The standard InChI is InChI=1S/C14H22N2S/c1-4-5-11(2)10-16(3)13-8-6-12(7-9-13)14(15)17/h6-9,11H,4-5,10H2,1-3H3,(H2,15,17). The van der Waals surface area contributed by atoms with E-state index in [-0.39, 0.29) is 0 Å². The quantitative estimate of drug-likeness (QED) is 0.786. The van der Waals surface area contributed by atoms with Crippen LogP contribution >= 0.6 is 12.2 Å². The van der Waals surface area contributed by atoms with Crippen molar-refractivity contribution in [3.8, 4) is 0 Å². The van der Waals surface area contributed by atoms with Crippen molar-refractivity contribution in [3.63, 3.8) is 0 Å². The average Bonchev–Trinajstić information content (AvgIpc) is 2.29. The van der Waals surface area contributed by atoms with Crippen molar-refractivity contribution < 1.29 is 0 Å². The smallest absolute Gasteiger partial charge is 0.103 e. The van der Waals surface area contributed by atoms with Gasteiger partial charge in [0.2, 0.25) is 0 Å². The van der Waals surface area contributed by atoms with Gasteiger partial charge < -0.3 is 10.6 Å². The molecular formula is C14H22N2S. The Labute approximate surface area is 110 Å². The minimum atomic E-state index is 0.457. The summed E-state index contributed by atoms with van der Waals surface area (Å²) in [5, 5.41) is 0. The van der Waals surface area contributed by atoms with E-state index < -0.39 is 0 Å². The van der Waals surface area contributed by atoms with Crippen LogP contribution in [0.25, 0.3) is 0 Å². The normalized spacial score (nSPS) is 12.2. The molecule has 0 radical (unpaired) electrons. The molecule has 0 aromatic heterocycles. The third kappa shape index (κ3) is 4.35. The lowest BCUT2D eigenvalue weighted by molar-refractivity contribution is 0.524.